The molecule has 2 N–H and O–H groups in total. The van der Waals surface area contributed by atoms with E-state index in [1.165, 1.54) is 25.4 Å². The van der Waals surface area contributed by atoms with Crippen molar-refractivity contribution in [3.63, 3.8) is 0 Å². The fourth-order valence-corrected chi connectivity index (χ4v) is 3.50. The van der Waals surface area contributed by atoms with Gasteiger partial charge in [0.25, 0.3) is 0 Å². The Morgan fingerprint density at radius 1 is 1.07 bits per heavy atom. The number of hydrogen-bond acceptors (Lipinski definition) is 5. The quantitative estimate of drug-likeness (QED) is 0.656. The van der Waals surface area contributed by atoms with E-state index in [9.17, 15) is 14.4 Å². The van der Waals surface area contributed by atoms with E-state index in [4.69, 9.17) is 16.3 Å². The minimum atomic E-state index is -0.552. The number of rotatable bonds is 8. The van der Waals surface area contributed by atoms with Crippen molar-refractivity contribution >= 4 is 40.7 Å². The molecule has 1 aromatic carbocycles. The van der Waals surface area contributed by atoms with Crippen molar-refractivity contribution in [3.05, 3.63) is 57.2 Å². The molecule has 6 nitrogen and oxygen atoms in total. The van der Waals surface area contributed by atoms with E-state index in [0.717, 1.165) is 10.4 Å². The summed E-state index contributed by atoms with van der Waals surface area (Å²) in [7, 11) is 1.30. The number of ether oxygens (including phenoxy) is 1. The zero-order chi connectivity index (χ0) is 19.8. The van der Waals surface area contributed by atoms with Crippen molar-refractivity contribution in [2.24, 2.45) is 0 Å². The van der Waals surface area contributed by atoms with Gasteiger partial charge in [-0.05, 0) is 29.1 Å². The smallest absolute Gasteiger partial charge is 0.307 e. The number of carbonyl (C=O) groups is 3. The van der Waals surface area contributed by atoms with Crippen LogP contribution in [0.5, 0.6) is 0 Å². The molecule has 0 saturated carbocycles. The summed E-state index contributed by atoms with van der Waals surface area (Å²) in [6, 6.07) is 9.64. The summed E-state index contributed by atoms with van der Waals surface area (Å²) in [5, 5.41) is 8.09. The van der Waals surface area contributed by atoms with E-state index < -0.39 is 18.1 Å². The van der Waals surface area contributed by atoms with Gasteiger partial charge in [0.2, 0.25) is 11.8 Å². The summed E-state index contributed by atoms with van der Waals surface area (Å²) in [6.45, 7) is 1.41. The normalized spacial score (nSPS) is 12.7. The number of amides is 2. The number of benzene rings is 1. The zero-order valence-corrected chi connectivity index (χ0v) is 16.6. The Hall–Kier alpha value is -2.38. The molecule has 2 rings (SSSR count). The van der Waals surface area contributed by atoms with Gasteiger partial charge in [-0.15, -0.1) is 11.3 Å². The maximum absolute atomic E-state index is 12.6. The Morgan fingerprint density at radius 3 is 2.33 bits per heavy atom. The van der Waals surface area contributed by atoms with Crippen molar-refractivity contribution in [3.8, 4) is 0 Å². The second-order valence-electron chi connectivity index (χ2n) is 5.92. The van der Waals surface area contributed by atoms with Crippen molar-refractivity contribution in [2.45, 2.75) is 31.8 Å². The first-order valence-electron chi connectivity index (χ1n) is 8.31. The third-order valence-electron chi connectivity index (χ3n) is 3.86. The molecule has 0 aliphatic rings. The number of thiophene rings is 1. The van der Waals surface area contributed by atoms with Crippen molar-refractivity contribution < 1.29 is 19.1 Å². The molecule has 0 aliphatic heterocycles. The fourth-order valence-electron chi connectivity index (χ4n) is 2.59. The van der Waals surface area contributed by atoms with Gasteiger partial charge in [0, 0.05) is 16.8 Å². The van der Waals surface area contributed by atoms with E-state index in [1.807, 2.05) is 17.5 Å². The molecule has 27 heavy (non-hydrogen) atoms. The summed E-state index contributed by atoms with van der Waals surface area (Å²) < 4.78 is 4.73. The fraction of sp³-hybridized carbons (Fsp3) is 0.316. The Kier molecular flexibility index (Phi) is 7.82. The lowest BCUT2D eigenvalue weighted by molar-refractivity contribution is -0.141. The third-order valence-corrected chi connectivity index (χ3v) is 5.10. The van der Waals surface area contributed by atoms with Gasteiger partial charge in [-0.3, -0.25) is 14.4 Å². The number of carbonyl (C=O) groups excluding carboxylic acids is 3. The number of halogens is 1. The van der Waals surface area contributed by atoms with Gasteiger partial charge in [-0.2, -0.15) is 0 Å². The van der Waals surface area contributed by atoms with E-state index in [2.05, 4.69) is 10.6 Å². The van der Waals surface area contributed by atoms with Crippen molar-refractivity contribution in [1.82, 2.24) is 10.6 Å². The monoisotopic (exact) mass is 408 g/mol. The molecule has 144 valence electrons. The number of esters is 1. The van der Waals surface area contributed by atoms with E-state index in [-0.39, 0.29) is 24.7 Å². The first-order valence-corrected chi connectivity index (χ1v) is 9.57. The molecule has 0 saturated heterocycles. The Morgan fingerprint density at radius 2 is 1.78 bits per heavy atom. The minimum absolute atomic E-state index is 0.00627. The van der Waals surface area contributed by atoms with Gasteiger partial charge in [0.05, 0.1) is 32.0 Å². The van der Waals surface area contributed by atoms with Crippen LogP contribution in [-0.4, -0.2) is 24.9 Å². The van der Waals surface area contributed by atoms with Crippen LogP contribution in [0, 0.1) is 0 Å². The zero-order valence-electron chi connectivity index (χ0n) is 15.0. The third kappa shape index (κ3) is 6.69. The molecule has 8 heteroatoms. The summed E-state index contributed by atoms with van der Waals surface area (Å²) in [5.41, 5.74) is 0.741. The van der Waals surface area contributed by atoms with Crippen molar-refractivity contribution in [1.29, 1.82) is 0 Å². The van der Waals surface area contributed by atoms with Crippen LogP contribution in [0.4, 0.5) is 0 Å². The highest BCUT2D eigenvalue weighted by molar-refractivity contribution is 7.10. The van der Waals surface area contributed by atoms with Gasteiger partial charge in [0.1, 0.15) is 0 Å². The topological polar surface area (TPSA) is 84.5 Å². The molecule has 0 radical (unpaired) electrons. The lowest BCUT2D eigenvalue weighted by atomic mass is 10.0. The second kappa shape index (κ2) is 10.1. The van der Waals surface area contributed by atoms with E-state index in [0.29, 0.717) is 5.02 Å². The van der Waals surface area contributed by atoms with E-state index in [1.54, 1.807) is 24.3 Å². The average Bonchev–Trinajstić information content (AvgIpc) is 3.15. The van der Waals surface area contributed by atoms with Gasteiger partial charge in [-0.25, -0.2) is 0 Å². The van der Waals surface area contributed by atoms with Crippen molar-refractivity contribution in [2.75, 3.05) is 7.11 Å². The number of hydrogen-bond donors (Lipinski definition) is 2. The Balaban J connectivity index is 2.12. The maximum atomic E-state index is 12.6. The molecular formula is C19H21ClN2O4S. The van der Waals surface area contributed by atoms with Crippen LogP contribution < -0.4 is 10.6 Å². The van der Waals surface area contributed by atoms with Gasteiger partial charge in [-0.1, -0.05) is 29.8 Å². The lowest BCUT2D eigenvalue weighted by Crippen LogP contribution is -2.35. The van der Waals surface area contributed by atoms with Crippen LogP contribution in [0.3, 0.4) is 0 Å². The van der Waals surface area contributed by atoms with Crippen LogP contribution >= 0.6 is 22.9 Å². The molecule has 2 unspecified atom stereocenters. The van der Waals surface area contributed by atoms with Crippen LogP contribution in [-0.2, 0) is 19.1 Å². The molecule has 1 heterocycles. The average molecular weight is 409 g/mol. The van der Waals surface area contributed by atoms with Gasteiger partial charge in [0.15, 0.2) is 0 Å². The Bertz CT molecular complexity index is 778. The molecule has 2 amide bonds. The summed E-state index contributed by atoms with van der Waals surface area (Å²) in [4.78, 5) is 36.7. The Labute approximate surface area is 166 Å². The molecule has 0 fully saturated rings. The van der Waals surface area contributed by atoms with Crippen LogP contribution in [0.1, 0.15) is 42.3 Å². The van der Waals surface area contributed by atoms with Crippen LogP contribution in [0.2, 0.25) is 5.02 Å². The minimum Gasteiger partial charge on any atom is -0.469 e. The molecule has 2 aromatic rings. The van der Waals surface area contributed by atoms with Gasteiger partial charge < -0.3 is 15.4 Å². The van der Waals surface area contributed by atoms with E-state index >= 15 is 0 Å². The number of methoxy groups -OCH3 is 1. The molecule has 0 bridgehead atoms. The molecular weight excluding hydrogens is 388 g/mol. The first-order chi connectivity index (χ1) is 12.9. The largest absolute Gasteiger partial charge is 0.469 e. The summed E-state index contributed by atoms with van der Waals surface area (Å²) in [6.07, 6.45) is 0.0546. The SMILES string of the molecule is COC(=O)CC(NC(=O)CC(NC(C)=O)c1cccs1)c1ccc(Cl)cc1. The number of nitrogens with one attached hydrogen (secondary N) is 2. The van der Waals surface area contributed by atoms with Crippen LogP contribution in [0.15, 0.2) is 41.8 Å². The lowest BCUT2D eigenvalue weighted by Gasteiger charge is -2.21. The summed E-state index contributed by atoms with van der Waals surface area (Å²) >= 11 is 7.37. The summed E-state index contributed by atoms with van der Waals surface area (Å²) in [5.74, 6) is -0.942. The standard InChI is InChI=1S/C19H21ClN2O4S/c1-12(23)21-16(17-4-3-9-27-17)10-18(24)22-15(11-19(25)26-2)13-5-7-14(20)8-6-13/h3-9,15-16H,10-11H2,1-2H3,(H,21,23)(H,22,24). The molecule has 0 spiro atoms. The first kappa shape index (κ1) is 20.9. The van der Waals surface area contributed by atoms with Gasteiger partial charge >= 0.3 is 5.97 Å². The second-order valence-corrected chi connectivity index (χ2v) is 7.34. The highest BCUT2D eigenvalue weighted by Crippen LogP contribution is 2.24. The highest BCUT2D eigenvalue weighted by atomic mass is 35.5. The highest BCUT2D eigenvalue weighted by Gasteiger charge is 2.23. The predicted octanol–water partition coefficient (Wildman–Crippen LogP) is 3.39. The molecule has 1 aromatic heterocycles. The molecule has 2 atom stereocenters. The predicted molar refractivity (Wildman–Crippen MR) is 104 cm³/mol. The van der Waals surface area contributed by atoms with Crippen LogP contribution in [0.25, 0.3) is 0 Å². The molecule has 0 aliphatic carbocycles. The maximum Gasteiger partial charge on any atom is 0.307 e.